The van der Waals surface area contributed by atoms with E-state index in [1.165, 1.54) is 24.3 Å². The molecule has 0 radical (unpaired) electrons. The Morgan fingerprint density at radius 2 is 1.61 bits per heavy atom. The Labute approximate surface area is 171 Å². The lowest BCUT2D eigenvalue weighted by Gasteiger charge is -2.31. The van der Waals surface area contributed by atoms with Gasteiger partial charge in [-0.25, -0.2) is 8.78 Å². The normalized spacial score (nSPS) is 18.5. The van der Waals surface area contributed by atoms with Gasteiger partial charge in [0.25, 0.3) is 0 Å². The van der Waals surface area contributed by atoms with Gasteiger partial charge < -0.3 is 9.47 Å². The van der Waals surface area contributed by atoms with Gasteiger partial charge in [-0.1, -0.05) is 30.9 Å². The van der Waals surface area contributed by atoms with E-state index in [4.69, 9.17) is 15.2 Å². The molecule has 1 aliphatic carbocycles. The molecule has 31 heavy (non-hydrogen) atoms. The molecule has 1 atom stereocenters. The molecule has 0 saturated carbocycles. The fraction of sp³-hybridized carbons (Fsp3) is 0.143. The maximum absolute atomic E-state index is 14.1. The van der Waals surface area contributed by atoms with Crippen molar-refractivity contribution >= 4 is 6.08 Å². The van der Waals surface area contributed by atoms with Gasteiger partial charge in [-0.15, -0.1) is 0 Å². The molecule has 3 nitrogen and oxygen atoms in total. The topological polar surface area (TPSA) is 44.5 Å². The summed E-state index contributed by atoms with van der Waals surface area (Å²) >= 11 is 0. The maximum atomic E-state index is 14.1. The second-order valence-electron chi connectivity index (χ2n) is 6.56. The van der Waals surface area contributed by atoms with Gasteiger partial charge in [0, 0.05) is 18.1 Å². The van der Waals surface area contributed by atoms with E-state index in [2.05, 4.69) is 6.58 Å². The predicted octanol–water partition coefficient (Wildman–Crippen LogP) is 6.16. The predicted molar refractivity (Wildman–Crippen MR) is 98.3 cm³/mol. The van der Waals surface area contributed by atoms with Crippen LogP contribution < -0.4 is 15.2 Å². The van der Waals surface area contributed by atoms with Crippen molar-refractivity contribution in [2.75, 3.05) is 0 Å². The van der Waals surface area contributed by atoms with Crippen LogP contribution in [0.5, 0.6) is 17.2 Å². The van der Waals surface area contributed by atoms with Gasteiger partial charge in [-0.2, -0.15) is 22.0 Å². The lowest BCUT2D eigenvalue weighted by molar-refractivity contribution is -0.0990. The third-order valence-electron chi connectivity index (χ3n) is 4.30. The molecule has 2 N–H and O–H groups in total. The Kier molecular flexibility index (Phi) is 5.86. The molecule has 0 saturated heterocycles. The fourth-order valence-electron chi connectivity index (χ4n) is 2.84. The lowest BCUT2D eigenvalue weighted by atomic mass is 9.97. The first-order valence-electron chi connectivity index (χ1n) is 8.65. The summed E-state index contributed by atoms with van der Waals surface area (Å²) in [4.78, 5) is 0. The van der Waals surface area contributed by atoms with E-state index in [9.17, 15) is 30.7 Å². The van der Waals surface area contributed by atoms with E-state index >= 15 is 0 Å². The molecular formula is C21H14F7NO2. The number of rotatable bonds is 5. The van der Waals surface area contributed by atoms with Crippen molar-refractivity contribution < 1.29 is 40.2 Å². The summed E-state index contributed by atoms with van der Waals surface area (Å²) < 4.78 is 105. The summed E-state index contributed by atoms with van der Waals surface area (Å²) in [6.45, 7) is 3.08. The largest absolute Gasteiger partial charge is 0.469 e. The first-order chi connectivity index (χ1) is 14.4. The Morgan fingerprint density at radius 3 is 2.19 bits per heavy atom. The molecule has 164 valence electrons. The molecule has 0 spiro atoms. The first-order valence-corrected chi connectivity index (χ1v) is 8.65. The molecule has 2 aromatic carbocycles. The molecule has 0 aromatic heterocycles. The van der Waals surface area contributed by atoms with E-state index in [0.29, 0.717) is 6.08 Å². The number of halogens is 7. The van der Waals surface area contributed by atoms with Crippen LogP contribution in [-0.4, -0.2) is 11.9 Å². The zero-order valence-corrected chi connectivity index (χ0v) is 15.6. The van der Waals surface area contributed by atoms with E-state index in [-0.39, 0.29) is 11.5 Å². The number of hydrogen-bond donors (Lipinski definition) is 1. The minimum atomic E-state index is -4.61. The van der Waals surface area contributed by atoms with Crippen molar-refractivity contribution in [3.8, 4) is 17.2 Å². The number of alkyl halides is 3. The van der Waals surface area contributed by atoms with Gasteiger partial charge in [0.15, 0.2) is 17.4 Å². The van der Waals surface area contributed by atoms with E-state index in [1.54, 1.807) is 0 Å². The van der Waals surface area contributed by atoms with Gasteiger partial charge in [0.2, 0.25) is 17.4 Å². The molecule has 0 amide bonds. The number of hydrogen-bond acceptors (Lipinski definition) is 3. The highest BCUT2D eigenvalue weighted by Crippen LogP contribution is 2.37. The molecule has 1 unspecified atom stereocenters. The molecule has 0 fully saturated rings. The minimum absolute atomic E-state index is 0.113. The minimum Gasteiger partial charge on any atom is -0.469 e. The van der Waals surface area contributed by atoms with Crippen LogP contribution in [-0.2, 0) is 0 Å². The van der Waals surface area contributed by atoms with Crippen molar-refractivity contribution in [1.82, 2.24) is 0 Å². The third kappa shape index (κ3) is 4.58. The van der Waals surface area contributed by atoms with Crippen LogP contribution in [0, 0.1) is 23.3 Å². The molecule has 3 rings (SSSR count). The Balaban J connectivity index is 1.87. The van der Waals surface area contributed by atoms with Crippen LogP contribution in [0.3, 0.4) is 0 Å². The molecule has 10 heteroatoms. The highest BCUT2D eigenvalue weighted by molar-refractivity contribution is 5.52. The smallest absolute Gasteiger partial charge is 0.412 e. The van der Waals surface area contributed by atoms with Crippen molar-refractivity contribution in [2.45, 2.75) is 18.3 Å². The van der Waals surface area contributed by atoms with Crippen LogP contribution in [0.4, 0.5) is 30.7 Å². The fourth-order valence-corrected chi connectivity index (χ4v) is 2.84. The van der Waals surface area contributed by atoms with Crippen molar-refractivity contribution in [2.24, 2.45) is 5.73 Å². The Morgan fingerprint density at radius 1 is 1.00 bits per heavy atom. The van der Waals surface area contributed by atoms with Crippen LogP contribution in [0.15, 0.2) is 54.6 Å². The summed E-state index contributed by atoms with van der Waals surface area (Å²) in [6, 6.07) is 4.81. The first kappa shape index (κ1) is 22.4. The highest BCUT2D eigenvalue weighted by Gasteiger charge is 2.40. The summed E-state index contributed by atoms with van der Waals surface area (Å²) in [5, 5.41) is 0. The molecule has 2 aromatic rings. The second kappa shape index (κ2) is 8.10. The molecule has 0 bridgehead atoms. The quantitative estimate of drug-likeness (QED) is 0.341. The van der Waals surface area contributed by atoms with Crippen LogP contribution in [0.25, 0.3) is 6.08 Å². The molecular weight excluding hydrogens is 431 g/mol. The highest BCUT2D eigenvalue weighted by atomic mass is 19.4. The van der Waals surface area contributed by atoms with Crippen LogP contribution >= 0.6 is 0 Å². The monoisotopic (exact) mass is 445 g/mol. The average molecular weight is 445 g/mol. The molecule has 0 aliphatic heterocycles. The summed E-state index contributed by atoms with van der Waals surface area (Å²) in [6.07, 6.45) is -1.55. The number of benzene rings is 2. The summed E-state index contributed by atoms with van der Waals surface area (Å²) in [5.41, 5.74) is 2.11. The maximum Gasteiger partial charge on any atom is 0.412 e. The summed E-state index contributed by atoms with van der Waals surface area (Å²) in [7, 11) is 0. The van der Waals surface area contributed by atoms with E-state index in [1.807, 2.05) is 0 Å². The molecule has 0 heterocycles. The SMILES string of the molecule is C=Cc1c(F)c(F)c(Oc2cccc(OC3(N)C=CC=C(C(F)(F)F)C3)c2)c(F)c1F. The van der Waals surface area contributed by atoms with Gasteiger partial charge in [0.05, 0.1) is 5.56 Å². The van der Waals surface area contributed by atoms with Gasteiger partial charge in [-0.3, -0.25) is 5.73 Å². The van der Waals surface area contributed by atoms with Gasteiger partial charge in [0.1, 0.15) is 11.5 Å². The standard InChI is InChI=1S/C21H14F7NO2/c1-2-14-15(22)17(24)19(18(25)16(14)23)30-12-6-3-7-13(9-12)31-20(29)8-4-5-11(10-20)21(26,27)28/h2-9H,1,10,29H2. The zero-order valence-electron chi connectivity index (χ0n) is 15.6. The average Bonchev–Trinajstić information content (AvgIpc) is 2.69. The van der Waals surface area contributed by atoms with E-state index < -0.39 is 58.5 Å². The zero-order chi connectivity index (χ0) is 23.0. The lowest BCUT2D eigenvalue weighted by Crippen LogP contribution is -2.46. The Hall–Kier alpha value is -3.27. The third-order valence-corrected chi connectivity index (χ3v) is 4.30. The van der Waals surface area contributed by atoms with Crippen molar-refractivity contribution in [3.63, 3.8) is 0 Å². The van der Waals surface area contributed by atoms with Crippen molar-refractivity contribution in [1.29, 1.82) is 0 Å². The second-order valence-corrected chi connectivity index (χ2v) is 6.56. The van der Waals surface area contributed by atoms with Crippen LogP contribution in [0.2, 0.25) is 0 Å². The van der Waals surface area contributed by atoms with E-state index in [0.717, 1.165) is 18.2 Å². The van der Waals surface area contributed by atoms with Gasteiger partial charge >= 0.3 is 6.18 Å². The van der Waals surface area contributed by atoms with Crippen LogP contribution in [0.1, 0.15) is 12.0 Å². The number of ether oxygens (including phenoxy) is 2. The van der Waals surface area contributed by atoms with Gasteiger partial charge in [-0.05, 0) is 18.2 Å². The number of allylic oxidation sites excluding steroid dienone is 2. The van der Waals surface area contributed by atoms with Crippen molar-refractivity contribution in [3.05, 3.63) is 83.5 Å². The Bertz CT molecular complexity index is 1060. The molecule has 1 aliphatic rings. The summed E-state index contributed by atoms with van der Waals surface area (Å²) in [5.74, 6) is -8.74. The number of nitrogens with two attached hydrogens (primary N) is 1.